The zero-order valence-electron chi connectivity index (χ0n) is 22.6. The Morgan fingerprint density at radius 3 is 2.76 bits per heavy atom. The van der Waals surface area contributed by atoms with Crippen LogP contribution < -0.4 is 4.74 Å². The predicted octanol–water partition coefficient (Wildman–Crippen LogP) is 6.70. The molecule has 4 bridgehead atoms. The van der Waals surface area contributed by atoms with Crippen molar-refractivity contribution in [3.05, 3.63) is 58.9 Å². The van der Waals surface area contributed by atoms with E-state index in [0.29, 0.717) is 24.5 Å². The van der Waals surface area contributed by atoms with Crippen molar-refractivity contribution in [1.82, 2.24) is 0 Å². The number of rotatable bonds is 7. The Morgan fingerprint density at radius 1 is 1.11 bits per heavy atom. The number of phenols is 1. The van der Waals surface area contributed by atoms with Crippen molar-refractivity contribution >= 4 is 0 Å². The molecule has 5 heteroatoms. The molecule has 6 aliphatic carbocycles. The number of aromatic hydroxyl groups is 1. The van der Waals surface area contributed by atoms with Gasteiger partial charge in [-0.3, -0.25) is 0 Å². The van der Waals surface area contributed by atoms with Crippen LogP contribution in [0.15, 0.2) is 36.4 Å². The van der Waals surface area contributed by atoms with Gasteiger partial charge < -0.3 is 19.3 Å². The van der Waals surface area contributed by atoms with Gasteiger partial charge in [-0.15, -0.1) is 0 Å². The van der Waals surface area contributed by atoms with Gasteiger partial charge in [0.1, 0.15) is 17.5 Å². The first-order valence-electron chi connectivity index (χ1n) is 14.7. The van der Waals surface area contributed by atoms with E-state index in [1.54, 1.807) is 12.1 Å². The highest BCUT2D eigenvalue weighted by Gasteiger charge is 2.81. The van der Waals surface area contributed by atoms with E-state index < -0.39 is 5.60 Å². The van der Waals surface area contributed by atoms with Crippen molar-refractivity contribution < 1.29 is 23.7 Å². The monoisotopic (exact) mass is 518 g/mol. The summed E-state index contributed by atoms with van der Waals surface area (Å²) < 4.78 is 33.6. The molecule has 202 valence electrons. The molecule has 9 rings (SSSR count). The fourth-order valence-electron chi connectivity index (χ4n) is 10.7. The summed E-state index contributed by atoms with van der Waals surface area (Å²) in [6.45, 7) is 3.56. The summed E-state index contributed by atoms with van der Waals surface area (Å²) in [5.41, 5.74) is 3.46. The Kier molecular flexibility index (Phi) is 4.85. The largest absolute Gasteiger partial charge is 0.504 e. The van der Waals surface area contributed by atoms with Crippen molar-refractivity contribution in [1.29, 1.82) is 0 Å². The molecule has 2 spiro atoms. The third-order valence-corrected chi connectivity index (χ3v) is 12.3. The summed E-state index contributed by atoms with van der Waals surface area (Å²) in [6, 6.07) is 10.7. The molecular weight excluding hydrogens is 479 g/mol. The third-order valence-electron chi connectivity index (χ3n) is 12.3. The first kappa shape index (κ1) is 23.7. The number of hydrogen-bond acceptors (Lipinski definition) is 4. The first-order chi connectivity index (χ1) is 18.4. The summed E-state index contributed by atoms with van der Waals surface area (Å²) in [6.07, 6.45) is 10.6. The lowest BCUT2D eigenvalue weighted by Crippen LogP contribution is -2.79. The van der Waals surface area contributed by atoms with Gasteiger partial charge in [0.15, 0.2) is 11.5 Å². The molecule has 4 nitrogen and oxygen atoms in total. The van der Waals surface area contributed by atoms with Gasteiger partial charge >= 0.3 is 0 Å². The molecule has 0 radical (unpaired) electrons. The standard InChI is InChI=1S/C33H39FO4/c1-30(16-20-6-7-20)10-12-32-27-22-8-9-25(35)28(27)38-29(32)33(36-2)13-11-31(32,26(30)15-22)17-23(33)19-37-18-21-4-3-5-24(34)14-21/h3-5,8-9,14,20,23,26,29,35H,6-7,10-13,15-19H2,1-2H3/t23-,26+,29-,30?,31-,32+,33-/m1/s1. The molecule has 7 atom stereocenters. The van der Waals surface area contributed by atoms with Gasteiger partial charge in [0.25, 0.3) is 0 Å². The number of phenolic OH excluding ortho intramolecular Hbond substituents is 1. The highest BCUT2D eigenvalue weighted by molar-refractivity contribution is 5.63. The Morgan fingerprint density at radius 2 is 1.97 bits per heavy atom. The lowest BCUT2D eigenvalue weighted by Gasteiger charge is -2.75. The molecule has 0 aromatic heterocycles. The molecule has 38 heavy (non-hydrogen) atoms. The van der Waals surface area contributed by atoms with E-state index in [4.69, 9.17) is 14.2 Å². The van der Waals surface area contributed by atoms with Gasteiger partial charge in [0.2, 0.25) is 0 Å². The van der Waals surface area contributed by atoms with Crippen molar-refractivity contribution in [2.45, 2.75) is 88.4 Å². The molecule has 5 fully saturated rings. The minimum Gasteiger partial charge on any atom is -0.504 e. The van der Waals surface area contributed by atoms with Crippen LogP contribution in [0, 0.1) is 34.4 Å². The second-order valence-corrected chi connectivity index (χ2v) is 13.8. The zero-order valence-corrected chi connectivity index (χ0v) is 22.6. The SMILES string of the molecule is CO[C@]12CC[C@@]3(C[C@@H]1COCc1cccc(F)c1)[C@H]1Cc4ccc(O)c5c4[C@@]3(CCC1(C)CC1CC1)[C@H]2O5. The number of methoxy groups -OCH3 is 1. The average Bonchev–Trinajstić information content (AvgIpc) is 3.63. The minimum absolute atomic E-state index is 0.101. The van der Waals surface area contributed by atoms with E-state index in [2.05, 4.69) is 13.0 Å². The Bertz CT molecular complexity index is 1310. The second-order valence-electron chi connectivity index (χ2n) is 13.8. The second kappa shape index (κ2) is 7.75. The fourth-order valence-corrected chi connectivity index (χ4v) is 10.7. The molecule has 1 heterocycles. The molecule has 0 amide bonds. The van der Waals surface area contributed by atoms with Gasteiger partial charge in [0.05, 0.1) is 13.2 Å². The molecule has 5 saturated carbocycles. The minimum atomic E-state index is -0.460. The number of ether oxygens (including phenoxy) is 3. The van der Waals surface area contributed by atoms with Crippen LogP contribution in [0.1, 0.15) is 75.0 Å². The van der Waals surface area contributed by atoms with Crippen LogP contribution in [0.5, 0.6) is 11.5 Å². The Hall–Kier alpha value is -2.11. The summed E-state index contributed by atoms with van der Waals surface area (Å²) in [4.78, 5) is 0. The summed E-state index contributed by atoms with van der Waals surface area (Å²) in [5.74, 6) is 2.46. The van der Waals surface area contributed by atoms with Crippen molar-refractivity contribution in [3.63, 3.8) is 0 Å². The topological polar surface area (TPSA) is 47.9 Å². The van der Waals surface area contributed by atoms with Crippen molar-refractivity contribution in [3.8, 4) is 11.5 Å². The van der Waals surface area contributed by atoms with Gasteiger partial charge in [-0.25, -0.2) is 4.39 Å². The molecule has 2 aromatic carbocycles. The molecule has 2 aromatic rings. The normalized spacial score (nSPS) is 41.6. The van der Waals surface area contributed by atoms with Gasteiger partial charge in [-0.05, 0) is 96.9 Å². The van der Waals surface area contributed by atoms with Crippen LogP contribution in [-0.4, -0.2) is 30.5 Å². The van der Waals surface area contributed by atoms with E-state index in [1.165, 1.54) is 42.9 Å². The van der Waals surface area contributed by atoms with Crippen LogP contribution in [-0.2, 0) is 27.9 Å². The number of halogens is 1. The summed E-state index contributed by atoms with van der Waals surface area (Å²) >= 11 is 0. The van der Waals surface area contributed by atoms with Crippen molar-refractivity contribution in [2.75, 3.05) is 13.7 Å². The summed E-state index contributed by atoms with van der Waals surface area (Å²) in [5, 5.41) is 11.0. The van der Waals surface area contributed by atoms with E-state index >= 15 is 0 Å². The van der Waals surface area contributed by atoms with Crippen LogP contribution in [0.2, 0.25) is 0 Å². The maximum absolute atomic E-state index is 13.8. The maximum Gasteiger partial charge on any atom is 0.165 e. The van der Waals surface area contributed by atoms with E-state index in [1.807, 2.05) is 19.2 Å². The molecule has 1 aliphatic heterocycles. The Balaban J connectivity index is 1.22. The number of benzene rings is 2. The van der Waals surface area contributed by atoms with Crippen LogP contribution in [0.3, 0.4) is 0 Å². The highest BCUT2D eigenvalue weighted by Crippen LogP contribution is 2.81. The predicted molar refractivity (Wildman–Crippen MR) is 142 cm³/mol. The van der Waals surface area contributed by atoms with Gasteiger partial charge in [0, 0.05) is 24.0 Å². The zero-order chi connectivity index (χ0) is 25.9. The average molecular weight is 519 g/mol. The first-order valence-corrected chi connectivity index (χ1v) is 14.7. The fraction of sp³-hybridized carbons (Fsp3) is 0.636. The lowest BCUT2D eigenvalue weighted by atomic mass is 9.29. The Labute approximate surface area is 224 Å². The number of hydrogen-bond donors (Lipinski definition) is 1. The third kappa shape index (κ3) is 2.83. The van der Waals surface area contributed by atoms with Crippen LogP contribution >= 0.6 is 0 Å². The van der Waals surface area contributed by atoms with Crippen LogP contribution in [0.25, 0.3) is 0 Å². The van der Waals surface area contributed by atoms with Gasteiger partial charge in [-0.2, -0.15) is 0 Å². The molecule has 1 N–H and O–H groups in total. The number of fused-ring (bicyclic) bond motifs is 2. The molecular formula is C33H39FO4. The quantitative estimate of drug-likeness (QED) is 0.443. The van der Waals surface area contributed by atoms with Gasteiger partial charge in [-0.1, -0.05) is 38.0 Å². The van der Waals surface area contributed by atoms with Crippen LogP contribution in [0.4, 0.5) is 4.39 Å². The lowest BCUT2D eigenvalue weighted by molar-refractivity contribution is -0.294. The molecule has 7 aliphatic rings. The van der Waals surface area contributed by atoms with E-state index in [0.717, 1.165) is 49.3 Å². The molecule has 0 saturated heterocycles. The summed E-state index contributed by atoms with van der Waals surface area (Å²) in [7, 11) is 1.85. The molecule has 1 unspecified atom stereocenters. The maximum atomic E-state index is 13.8. The smallest absolute Gasteiger partial charge is 0.165 e. The highest BCUT2D eigenvalue weighted by atomic mass is 19.1. The van der Waals surface area contributed by atoms with E-state index in [-0.39, 0.29) is 34.4 Å². The van der Waals surface area contributed by atoms with Crippen molar-refractivity contribution in [2.24, 2.45) is 28.6 Å². The van der Waals surface area contributed by atoms with E-state index in [9.17, 15) is 9.50 Å².